The first kappa shape index (κ1) is 15.6. The lowest BCUT2D eigenvalue weighted by Crippen LogP contribution is -2.52. The number of amides is 2. The summed E-state index contributed by atoms with van der Waals surface area (Å²) in [6.45, 7) is 2.68. The van der Waals surface area contributed by atoms with E-state index in [9.17, 15) is 9.59 Å². The normalized spacial score (nSPS) is 22.2. The molecule has 8 heteroatoms. The molecule has 0 bridgehead atoms. The van der Waals surface area contributed by atoms with Crippen LogP contribution >= 0.6 is 23.2 Å². The van der Waals surface area contributed by atoms with Gasteiger partial charge in [0.25, 0.3) is 11.8 Å². The third-order valence-electron chi connectivity index (χ3n) is 4.04. The van der Waals surface area contributed by atoms with Crippen molar-refractivity contribution < 1.29 is 14.3 Å². The number of H-pyrrole nitrogens is 1. The van der Waals surface area contributed by atoms with E-state index >= 15 is 0 Å². The second-order valence-corrected chi connectivity index (χ2v) is 6.25. The number of carbonyl (C=O) groups is 2. The van der Waals surface area contributed by atoms with Gasteiger partial charge >= 0.3 is 0 Å². The summed E-state index contributed by atoms with van der Waals surface area (Å²) in [7, 11) is 0. The Hall–Kier alpha value is -1.24. The fourth-order valence-corrected chi connectivity index (χ4v) is 3.11. The molecule has 0 spiro atoms. The molecule has 2 aliphatic rings. The Morgan fingerprint density at radius 3 is 2.41 bits per heavy atom. The molecule has 2 saturated heterocycles. The van der Waals surface area contributed by atoms with E-state index in [1.807, 2.05) is 0 Å². The minimum absolute atomic E-state index is 0.0376. The molecule has 1 aromatic heterocycles. The molecule has 6 nitrogen and oxygen atoms in total. The number of aromatic nitrogens is 1. The number of halogens is 2. The third-order valence-corrected chi connectivity index (χ3v) is 4.73. The van der Waals surface area contributed by atoms with E-state index in [1.165, 1.54) is 6.07 Å². The average molecular weight is 346 g/mol. The number of ether oxygens (including phenoxy) is 1. The van der Waals surface area contributed by atoms with Crippen LogP contribution in [0.3, 0.4) is 0 Å². The van der Waals surface area contributed by atoms with Gasteiger partial charge in [-0.1, -0.05) is 23.2 Å². The number of rotatable bonds is 2. The van der Waals surface area contributed by atoms with Gasteiger partial charge < -0.3 is 19.5 Å². The Bertz CT molecular complexity index is 556. The number of carbonyl (C=O) groups excluding carboxylic acids is 2. The van der Waals surface area contributed by atoms with Gasteiger partial charge in [0, 0.05) is 32.8 Å². The molecule has 3 heterocycles. The van der Waals surface area contributed by atoms with Crippen LogP contribution in [0.1, 0.15) is 23.3 Å². The summed E-state index contributed by atoms with van der Waals surface area (Å²) < 4.78 is 5.42. The van der Waals surface area contributed by atoms with Gasteiger partial charge in [0.1, 0.15) is 17.0 Å². The van der Waals surface area contributed by atoms with Gasteiger partial charge in [-0.25, -0.2) is 0 Å². The van der Waals surface area contributed by atoms with Crippen LogP contribution in [-0.2, 0) is 9.53 Å². The minimum Gasteiger partial charge on any atom is -0.368 e. The Balaban J connectivity index is 1.57. The number of hydrogen-bond donors (Lipinski definition) is 1. The van der Waals surface area contributed by atoms with Crippen molar-refractivity contribution in [3.8, 4) is 0 Å². The van der Waals surface area contributed by atoms with Crippen LogP contribution in [0.4, 0.5) is 0 Å². The first-order valence-electron chi connectivity index (χ1n) is 7.30. The molecule has 2 fully saturated rings. The summed E-state index contributed by atoms with van der Waals surface area (Å²) in [6, 6.07) is 1.52. The van der Waals surface area contributed by atoms with E-state index < -0.39 is 0 Å². The summed E-state index contributed by atoms with van der Waals surface area (Å²) >= 11 is 11.7. The van der Waals surface area contributed by atoms with Gasteiger partial charge in [-0.05, 0) is 18.9 Å². The highest BCUT2D eigenvalue weighted by atomic mass is 35.5. The summed E-state index contributed by atoms with van der Waals surface area (Å²) in [6.07, 6.45) is 1.42. The second-order valence-electron chi connectivity index (χ2n) is 5.46. The Kier molecular flexibility index (Phi) is 4.61. The van der Waals surface area contributed by atoms with Crippen molar-refractivity contribution in [1.29, 1.82) is 0 Å². The van der Waals surface area contributed by atoms with Gasteiger partial charge in [0.05, 0.1) is 5.02 Å². The number of nitrogens with one attached hydrogen (secondary N) is 1. The van der Waals surface area contributed by atoms with Crippen molar-refractivity contribution >= 4 is 35.0 Å². The first-order valence-corrected chi connectivity index (χ1v) is 8.05. The maximum Gasteiger partial charge on any atom is 0.270 e. The maximum absolute atomic E-state index is 12.3. The zero-order chi connectivity index (χ0) is 15.7. The lowest BCUT2D eigenvalue weighted by atomic mass is 10.2. The fraction of sp³-hybridized carbons (Fsp3) is 0.571. The van der Waals surface area contributed by atoms with Crippen molar-refractivity contribution in [2.45, 2.75) is 18.9 Å². The van der Waals surface area contributed by atoms with Gasteiger partial charge in [-0.15, -0.1) is 0 Å². The SMILES string of the molecule is O=C(c1cc(Cl)c(Cl)[nH]1)N1CCN(C(=O)C2CCCO2)CC1. The number of aromatic amines is 1. The molecular weight excluding hydrogens is 329 g/mol. The Morgan fingerprint density at radius 1 is 1.18 bits per heavy atom. The van der Waals surface area contributed by atoms with Crippen LogP contribution in [0.5, 0.6) is 0 Å². The highest BCUT2D eigenvalue weighted by Gasteiger charge is 2.31. The first-order chi connectivity index (χ1) is 10.6. The zero-order valence-electron chi connectivity index (χ0n) is 12.0. The summed E-state index contributed by atoms with van der Waals surface area (Å²) in [5, 5.41) is 0.592. The van der Waals surface area contributed by atoms with Crippen molar-refractivity contribution in [2.75, 3.05) is 32.8 Å². The van der Waals surface area contributed by atoms with E-state index in [0.717, 1.165) is 12.8 Å². The second kappa shape index (κ2) is 6.48. The maximum atomic E-state index is 12.3. The van der Waals surface area contributed by atoms with Crippen molar-refractivity contribution in [1.82, 2.24) is 14.8 Å². The van der Waals surface area contributed by atoms with Crippen molar-refractivity contribution in [2.24, 2.45) is 0 Å². The van der Waals surface area contributed by atoms with Crippen LogP contribution in [0, 0.1) is 0 Å². The molecule has 0 radical (unpaired) electrons. The predicted octanol–water partition coefficient (Wildman–Crippen LogP) is 1.78. The molecule has 0 aliphatic carbocycles. The van der Waals surface area contributed by atoms with E-state index in [0.29, 0.717) is 43.5 Å². The van der Waals surface area contributed by atoms with Crippen molar-refractivity contribution in [3.05, 3.63) is 21.9 Å². The number of piperazine rings is 1. The van der Waals surface area contributed by atoms with Gasteiger partial charge in [0.2, 0.25) is 0 Å². The average Bonchev–Trinajstić information content (AvgIpc) is 3.17. The third kappa shape index (κ3) is 3.09. The molecule has 2 amide bonds. The van der Waals surface area contributed by atoms with Crippen LogP contribution in [0.2, 0.25) is 10.2 Å². The molecule has 1 atom stereocenters. The van der Waals surface area contributed by atoms with E-state index in [4.69, 9.17) is 27.9 Å². The number of nitrogens with zero attached hydrogens (tertiary/aromatic N) is 2. The number of hydrogen-bond acceptors (Lipinski definition) is 3. The summed E-state index contributed by atoms with van der Waals surface area (Å²) in [5.74, 6) is -0.117. The molecular formula is C14H17Cl2N3O3. The molecule has 1 N–H and O–H groups in total. The zero-order valence-corrected chi connectivity index (χ0v) is 13.5. The van der Waals surface area contributed by atoms with Gasteiger partial charge in [-0.3, -0.25) is 9.59 Å². The standard InChI is InChI=1S/C14H17Cl2N3O3/c15-9-8-10(17-12(9)16)13(20)18-3-5-19(6-4-18)14(21)11-2-1-7-22-11/h8,11,17H,1-7H2. The highest BCUT2D eigenvalue weighted by molar-refractivity contribution is 6.41. The lowest BCUT2D eigenvalue weighted by Gasteiger charge is -2.35. The minimum atomic E-state index is -0.303. The molecule has 2 aliphatic heterocycles. The topological polar surface area (TPSA) is 65.6 Å². The highest BCUT2D eigenvalue weighted by Crippen LogP contribution is 2.23. The summed E-state index contributed by atoms with van der Waals surface area (Å²) in [4.78, 5) is 30.8. The Labute approximate surface area is 138 Å². The molecule has 1 unspecified atom stereocenters. The van der Waals surface area contributed by atoms with E-state index in [-0.39, 0.29) is 23.1 Å². The Morgan fingerprint density at radius 2 is 1.86 bits per heavy atom. The molecule has 120 valence electrons. The largest absolute Gasteiger partial charge is 0.368 e. The van der Waals surface area contributed by atoms with Crippen LogP contribution in [0.25, 0.3) is 0 Å². The van der Waals surface area contributed by atoms with Gasteiger partial charge in [-0.2, -0.15) is 0 Å². The van der Waals surface area contributed by atoms with Gasteiger partial charge in [0.15, 0.2) is 0 Å². The molecule has 0 saturated carbocycles. The van der Waals surface area contributed by atoms with E-state index in [2.05, 4.69) is 4.98 Å². The van der Waals surface area contributed by atoms with E-state index in [1.54, 1.807) is 9.80 Å². The molecule has 1 aromatic rings. The van der Waals surface area contributed by atoms with Crippen LogP contribution in [-0.4, -0.2) is 65.5 Å². The molecule has 22 heavy (non-hydrogen) atoms. The molecule has 0 aromatic carbocycles. The molecule has 3 rings (SSSR count). The van der Waals surface area contributed by atoms with Crippen LogP contribution in [0.15, 0.2) is 6.07 Å². The van der Waals surface area contributed by atoms with Crippen LogP contribution < -0.4 is 0 Å². The smallest absolute Gasteiger partial charge is 0.270 e. The quantitative estimate of drug-likeness (QED) is 0.888. The monoisotopic (exact) mass is 345 g/mol. The predicted molar refractivity (Wildman–Crippen MR) is 82.3 cm³/mol. The summed E-state index contributed by atoms with van der Waals surface area (Å²) in [5.41, 5.74) is 0.369. The fourth-order valence-electron chi connectivity index (χ4n) is 2.80. The van der Waals surface area contributed by atoms with Crippen molar-refractivity contribution in [3.63, 3.8) is 0 Å². The lowest BCUT2D eigenvalue weighted by molar-refractivity contribution is -0.142.